The molecule has 1 fully saturated rings. The van der Waals surface area contributed by atoms with E-state index in [-0.39, 0.29) is 23.7 Å². The van der Waals surface area contributed by atoms with Gasteiger partial charge in [-0.1, -0.05) is 42.8 Å². The average Bonchev–Trinajstić information content (AvgIpc) is 2.97. The number of amides is 1. The smallest absolute Gasteiger partial charge is 0.257 e. The fraction of sp³-hybridized carbons (Fsp3) is 0.350. The van der Waals surface area contributed by atoms with Crippen LogP contribution in [0.4, 0.5) is 5.69 Å². The van der Waals surface area contributed by atoms with E-state index in [9.17, 15) is 4.79 Å². The fourth-order valence-electron chi connectivity index (χ4n) is 3.28. The minimum absolute atomic E-state index is 0. The maximum atomic E-state index is 12.4. The van der Waals surface area contributed by atoms with E-state index < -0.39 is 0 Å². The Morgan fingerprint density at radius 2 is 2.04 bits per heavy atom. The van der Waals surface area contributed by atoms with Gasteiger partial charge >= 0.3 is 0 Å². The SMILES string of the molecule is CC1(CN)CCN(Cc2cccc(NC(=O)c3ccccc3Cl)c2)C1.Cl. The van der Waals surface area contributed by atoms with Crippen molar-refractivity contribution in [1.29, 1.82) is 0 Å². The number of carbonyl (C=O) groups excluding carboxylic acids is 1. The highest BCUT2D eigenvalue weighted by Crippen LogP contribution is 2.29. The molecule has 0 radical (unpaired) electrons. The molecule has 0 aliphatic carbocycles. The monoisotopic (exact) mass is 393 g/mol. The van der Waals surface area contributed by atoms with Crippen molar-refractivity contribution in [3.05, 3.63) is 64.7 Å². The van der Waals surface area contributed by atoms with E-state index in [1.165, 1.54) is 5.56 Å². The molecule has 1 aliphatic heterocycles. The lowest BCUT2D eigenvalue weighted by Crippen LogP contribution is -2.31. The van der Waals surface area contributed by atoms with Crippen molar-refractivity contribution in [3.8, 4) is 0 Å². The first kappa shape index (κ1) is 20.7. The zero-order valence-electron chi connectivity index (χ0n) is 14.9. The van der Waals surface area contributed by atoms with Crippen LogP contribution in [0.5, 0.6) is 0 Å². The van der Waals surface area contributed by atoms with E-state index in [1.807, 2.05) is 24.3 Å². The van der Waals surface area contributed by atoms with Crippen LogP contribution in [0.3, 0.4) is 0 Å². The molecule has 26 heavy (non-hydrogen) atoms. The largest absolute Gasteiger partial charge is 0.330 e. The van der Waals surface area contributed by atoms with Gasteiger partial charge in [0, 0.05) is 18.8 Å². The number of halogens is 2. The van der Waals surface area contributed by atoms with Gasteiger partial charge in [0.2, 0.25) is 0 Å². The van der Waals surface area contributed by atoms with Crippen LogP contribution in [-0.2, 0) is 6.54 Å². The van der Waals surface area contributed by atoms with Gasteiger partial charge in [-0.3, -0.25) is 9.69 Å². The third-order valence-electron chi connectivity index (χ3n) is 4.84. The minimum atomic E-state index is -0.195. The summed E-state index contributed by atoms with van der Waals surface area (Å²) in [5.74, 6) is -0.195. The van der Waals surface area contributed by atoms with Gasteiger partial charge in [-0.25, -0.2) is 0 Å². The van der Waals surface area contributed by atoms with Gasteiger partial charge in [0.1, 0.15) is 0 Å². The molecule has 1 unspecified atom stereocenters. The maximum Gasteiger partial charge on any atom is 0.257 e. The Kier molecular flexibility index (Phi) is 7.07. The highest BCUT2D eigenvalue weighted by atomic mass is 35.5. The summed E-state index contributed by atoms with van der Waals surface area (Å²) < 4.78 is 0. The molecule has 1 aliphatic rings. The molecule has 6 heteroatoms. The lowest BCUT2D eigenvalue weighted by molar-refractivity contribution is 0.102. The molecule has 0 bridgehead atoms. The number of nitrogens with two attached hydrogens (primary N) is 1. The lowest BCUT2D eigenvalue weighted by Gasteiger charge is -2.22. The Balaban J connectivity index is 0.00000243. The molecule has 0 spiro atoms. The quantitative estimate of drug-likeness (QED) is 0.800. The van der Waals surface area contributed by atoms with Crippen LogP contribution in [0.1, 0.15) is 29.3 Å². The van der Waals surface area contributed by atoms with Crippen molar-refractivity contribution in [1.82, 2.24) is 4.90 Å². The number of carbonyl (C=O) groups is 1. The van der Waals surface area contributed by atoms with Crippen molar-refractivity contribution in [2.75, 3.05) is 25.0 Å². The first-order valence-corrected chi connectivity index (χ1v) is 8.94. The highest BCUT2D eigenvalue weighted by molar-refractivity contribution is 6.34. The van der Waals surface area contributed by atoms with Crippen LogP contribution in [0, 0.1) is 5.41 Å². The third kappa shape index (κ3) is 4.98. The van der Waals surface area contributed by atoms with Crippen LogP contribution < -0.4 is 11.1 Å². The molecule has 1 amide bonds. The zero-order valence-corrected chi connectivity index (χ0v) is 16.4. The Hall–Kier alpha value is -1.59. The van der Waals surface area contributed by atoms with Gasteiger partial charge in [0.05, 0.1) is 10.6 Å². The van der Waals surface area contributed by atoms with Crippen molar-refractivity contribution in [2.45, 2.75) is 19.9 Å². The van der Waals surface area contributed by atoms with Gasteiger partial charge in [-0.05, 0) is 54.8 Å². The summed E-state index contributed by atoms with van der Waals surface area (Å²) in [7, 11) is 0. The summed E-state index contributed by atoms with van der Waals surface area (Å²) in [5, 5.41) is 3.38. The van der Waals surface area contributed by atoms with Crippen molar-refractivity contribution < 1.29 is 4.79 Å². The Morgan fingerprint density at radius 3 is 2.73 bits per heavy atom. The molecule has 3 rings (SSSR count). The Labute approximate surface area is 166 Å². The van der Waals surface area contributed by atoms with Gasteiger partial charge < -0.3 is 11.1 Å². The first-order chi connectivity index (χ1) is 12.0. The second-order valence-electron chi connectivity index (χ2n) is 7.11. The van der Waals surface area contributed by atoms with Gasteiger partial charge in [-0.2, -0.15) is 0 Å². The summed E-state index contributed by atoms with van der Waals surface area (Å²) in [6, 6.07) is 15.0. The predicted molar refractivity (Wildman–Crippen MR) is 110 cm³/mol. The highest BCUT2D eigenvalue weighted by Gasteiger charge is 2.32. The van der Waals surface area contributed by atoms with E-state index in [1.54, 1.807) is 18.2 Å². The number of likely N-dealkylation sites (tertiary alicyclic amines) is 1. The van der Waals surface area contributed by atoms with Crippen molar-refractivity contribution >= 4 is 35.6 Å². The molecule has 1 atom stereocenters. The van der Waals surface area contributed by atoms with Gasteiger partial charge in [-0.15, -0.1) is 12.4 Å². The number of hydrogen-bond donors (Lipinski definition) is 2. The molecule has 4 nitrogen and oxygen atoms in total. The number of anilines is 1. The van der Waals surface area contributed by atoms with E-state index in [4.69, 9.17) is 17.3 Å². The number of rotatable bonds is 5. The van der Waals surface area contributed by atoms with Gasteiger partial charge in [0.15, 0.2) is 0 Å². The summed E-state index contributed by atoms with van der Waals surface area (Å²) in [6.07, 6.45) is 1.13. The number of nitrogens with one attached hydrogen (secondary N) is 1. The lowest BCUT2D eigenvalue weighted by atomic mass is 9.90. The third-order valence-corrected chi connectivity index (χ3v) is 5.17. The Bertz CT molecular complexity index is 768. The molecule has 140 valence electrons. The number of hydrogen-bond acceptors (Lipinski definition) is 3. The van der Waals surface area contributed by atoms with E-state index in [0.717, 1.165) is 38.3 Å². The second kappa shape index (κ2) is 8.87. The maximum absolute atomic E-state index is 12.4. The summed E-state index contributed by atoms with van der Waals surface area (Å²) in [4.78, 5) is 14.8. The summed E-state index contributed by atoms with van der Waals surface area (Å²) >= 11 is 6.09. The van der Waals surface area contributed by atoms with E-state index in [0.29, 0.717) is 10.6 Å². The molecule has 0 saturated carbocycles. The van der Waals surface area contributed by atoms with Crippen LogP contribution in [0.2, 0.25) is 5.02 Å². The topological polar surface area (TPSA) is 58.4 Å². The minimum Gasteiger partial charge on any atom is -0.330 e. The van der Waals surface area contributed by atoms with Crippen LogP contribution in [-0.4, -0.2) is 30.4 Å². The summed E-state index contributed by atoms with van der Waals surface area (Å²) in [5.41, 5.74) is 8.54. The van der Waals surface area contributed by atoms with Gasteiger partial charge in [0.25, 0.3) is 5.91 Å². The number of benzene rings is 2. The first-order valence-electron chi connectivity index (χ1n) is 8.56. The fourth-order valence-corrected chi connectivity index (χ4v) is 3.50. The zero-order chi connectivity index (χ0) is 17.9. The molecule has 2 aromatic rings. The number of nitrogens with zero attached hydrogens (tertiary/aromatic N) is 1. The van der Waals surface area contributed by atoms with Crippen molar-refractivity contribution in [2.24, 2.45) is 11.1 Å². The predicted octanol–water partition coefficient (Wildman–Crippen LogP) is 4.18. The normalized spacial score (nSPS) is 19.8. The summed E-state index contributed by atoms with van der Waals surface area (Å²) in [6.45, 7) is 5.90. The molecule has 1 saturated heterocycles. The molecule has 1 heterocycles. The molecular formula is C20H25Cl2N3O. The van der Waals surface area contributed by atoms with E-state index >= 15 is 0 Å². The molecule has 0 aromatic heterocycles. The Morgan fingerprint density at radius 1 is 1.27 bits per heavy atom. The molecule has 3 N–H and O–H groups in total. The average molecular weight is 394 g/mol. The van der Waals surface area contributed by atoms with Crippen LogP contribution in [0.25, 0.3) is 0 Å². The van der Waals surface area contributed by atoms with Crippen LogP contribution in [0.15, 0.2) is 48.5 Å². The second-order valence-corrected chi connectivity index (χ2v) is 7.52. The van der Waals surface area contributed by atoms with Crippen molar-refractivity contribution in [3.63, 3.8) is 0 Å². The van der Waals surface area contributed by atoms with E-state index in [2.05, 4.69) is 23.2 Å². The molecule has 2 aromatic carbocycles. The molecular weight excluding hydrogens is 369 g/mol. The van der Waals surface area contributed by atoms with Crippen LogP contribution >= 0.6 is 24.0 Å². The standard InChI is InChI=1S/C20H24ClN3O.ClH/c1-20(13-22)9-10-24(14-20)12-15-5-4-6-16(11-15)23-19(25)17-7-2-3-8-18(17)21;/h2-8,11H,9-10,12-14,22H2,1H3,(H,23,25);1H.